The van der Waals surface area contributed by atoms with Crippen LogP contribution >= 0.6 is 11.6 Å². The van der Waals surface area contributed by atoms with Crippen LogP contribution in [0.2, 0.25) is 5.02 Å². The van der Waals surface area contributed by atoms with Crippen LogP contribution in [0.5, 0.6) is 0 Å². The number of nitrogens with one attached hydrogen (secondary N) is 2. The standard InChI is InChI=1S/C11H10ClN5O/c1-7-10(18)14-11(17-15-7)16-13-6-8-4-2-3-5-9(8)12/h2-6H,1H3,(H2,14,16,17,18)/b13-6-. The third kappa shape index (κ3) is 2.92. The van der Waals surface area contributed by atoms with Crippen molar-refractivity contribution < 1.29 is 0 Å². The van der Waals surface area contributed by atoms with E-state index in [0.717, 1.165) is 5.56 Å². The fourth-order valence-corrected chi connectivity index (χ4v) is 1.37. The predicted octanol–water partition coefficient (Wildman–Crippen LogP) is 1.57. The highest BCUT2D eigenvalue weighted by atomic mass is 35.5. The minimum absolute atomic E-state index is 0.175. The van der Waals surface area contributed by atoms with Gasteiger partial charge >= 0.3 is 0 Å². The maximum absolute atomic E-state index is 11.3. The minimum atomic E-state index is -0.305. The number of hydrazone groups is 1. The van der Waals surface area contributed by atoms with Crippen LogP contribution in [-0.4, -0.2) is 21.4 Å². The second-order valence-corrected chi connectivity index (χ2v) is 3.89. The molecule has 2 N–H and O–H groups in total. The molecule has 7 heteroatoms. The number of H-pyrrole nitrogens is 1. The maximum Gasteiger partial charge on any atom is 0.274 e. The van der Waals surface area contributed by atoms with Crippen molar-refractivity contribution >= 4 is 23.8 Å². The average molecular weight is 264 g/mol. The van der Waals surface area contributed by atoms with Gasteiger partial charge in [-0.15, -0.1) is 10.2 Å². The van der Waals surface area contributed by atoms with Crippen LogP contribution in [0.3, 0.4) is 0 Å². The summed E-state index contributed by atoms with van der Waals surface area (Å²) in [6, 6.07) is 7.25. The molecule has 0 radical (unpaired) electrons. The van der Waals surface area contributed by atoms with Crippen molar-refractivity contribution in [3.63, 3.8) is 0 Å². The van der Waals surface area contributed by atoms with Crippen LogP contribution in [-0.2, 0) is 0 Å². The lowest BCUT2D eigenvalue weighted by atomic mass is 10.2. The monoisotopic (exact) mass is 263 g/mol. The van der Waals surface area contributed by atoms with Crippen molar-refractivity contribution in [2.75, 3.05) is 5.43 Å². The van der Waals surface area contributed by atoms with Gasteiger partial charge in [-0.25, -0.2) is 5.43 Å². The van der Waals surface area contributed by atoms with Gasteiger partial charge in [-0.3, -0.25) is 9.78 Å². The molecule has 0 bridgehead atoms. The lowest BCUT2D eigenvalue weighted by Gasteiger charge is -1.99. The Morgan fingerprint density at radius 1 is 1.39 bits per heavy atom. The molecule has 2 rings (SSSR count). The van der Waals surface area contributed by atoms with Crippen molar-refractivity contribution in [3.8, 4) is 0 Å². The third-order valence-electron chi connectivity index (χ3n) is 2.14. The van der Waals surface area contributed by atoms with E-state index in [1.807, 2.05) is 18.2 Å². The lowest BCUT2D eigenvalue weighted by molar-refractivity contribution is 0.897. The maximum atomic E-state index is 11.3. The molecular weight excluding hydrogens is 254 g/mol. The summed E-state index contributed by atoms with van der Waals surface area (Å²) in [5, 5.41) is 11.9. The number of benzene rings is 1. The Hall–Kier alpha value is -2.21. The quantitative estimate of drug-likeness (QED) is 0.650. The van der Waals surface area contributed by atoms with E-state index in [9.17, 15) is 4.79 Å². The SMILES string of the molecule is Cc1nnc(N/N=C\c2ccccc2Cl)[nH]c1=O. The highest BCUT2D eigenvalue weighted by molar-refractivity contribution is 6.33. The number of aromatic nitrogens is 3. The number of rotatable bonds is 3. The van der Waals surface area contributed by atoms with Crippen LogP contribution in [0.15, 0.2) is 34.2 Å². The first-order chi connectivity index (χ1) is 8.66. The van der Waals surface area contributed by atoms with Gasteiger partial charge in [-0.1, -0.05) is 29.8 Å². The van der Waals surface area contributed by atoms with Crippen molar-refractivity contribution in [1.29, 1.82) is 0 Å². The molecule has 92 valence electrons. The highest BCUT2D eigenvalue weighted by Gasteiger charge is 1.98. The highest BCUT2D eigenvalue weighted by Crippen LogP contribution is 2.12. The van der Waals surface area contributed by atoms with Crippen LogP contribution in [0.25, 0.3) is 0 Å². The summed E-state index contributed by atoms with van der Waals surface area (Å²) in [5.74, 6) is 0.175. The van der Waals surface area contributed by atoms with E-state index in [4.69, 9.17) is 11.6 Å². The Morgan fingerprint density at radius 2 is 2.17 bits per heavy atom. The Labute approximate surface area is 108 Å². The van der Waals surface area contributed by atoms with Crippen molar-refractivity contribution in [1.82, 2.24) is 15.2 Å². The molecule has 0 spiro atoms. The topological polar surface area (TPSA) is 83.0 Å². The zero-order chi connectivity index (χ0) is 13.0. The molecule has 1 aromatic carbocycles. The normalized spacial score (nSPS) is 10.8. The van der Waals surface area contributed by atoms with Crippen LogP contribution < -0.4 is 11.0 Å². The number of nitrogens with zero attached hydrogens (tertiary/aromatic N) is 3. The van der Waals surface area contributed by atoms with Gasteiger partial charge in [0.15, 0.2) is 0 Å². The summed E-state index contributed by atoms with van der Waals surface area (Å²) >= 11 is 5.95. The van der Waals surface area contributed by atoms with Gasteiger partial charge in [0.25, 0.3) is 5.56 Å². The molecule has 1 aromatic heterocycles. The van der Waals surface area contributed by atoms with Gasteiger partial charge in [-0.05, 0) is 13.0 Å². The second-order valence-electron chi connectivity index (χ2n) is 3.48. The number of aryl methyl sites for hydroxylation is 1. The Morgan fingerprint density at radius 3 is 2.89 bits per heavy atom. The molecule has 18 heavy (non-hydrogen) atoms. The van der Waals surface area contributed by atoms with Gasteiger partial charge in [0.2, 0.25) is 5.95 Å². The molecule has 0 aliphatic heterocycles. The molecule has 0 unspecified atom stereocenters. The number of anilines is 1. The van der Waals surface area contributed by atoms with E-state index in [1.165, 1.54) is 6.21 Å². The molecule has 0 fully saturated rings. The molecule has 0 aliphatic rings. The summed E-state index contributed by atoms with van der Waals surface area (Å²) in [6.45, 7) is 1.57. The van der Waals surface area contributed by atoms with E-state index in [0.29, 0.717) is 10.7 Å². The molecule has 2 aromatic rings. The van der Waals surface area contributed by atoms with Gasteiger partial charge in [0, 0.05) is 10.6 Å². The third-order valence-corrected chi connectivity index (χ3v) is 2.48. The largest absolute Gasteiger partial charge is 0.288 e. The molecule has 0 atom stereocenters. The number of aromatic amines is 1. The van der Waals surface area contributed by atoms with Gasteiger partial charge in [-0.2, -0.15) is 5.10 Å². The molecular formula is C11H10ClN5O. The van der Waals surface area contributed by atoms with E-state index in [-0.39, 0.29) is 11.5 Å². The van der Waals surface area contributed by atoms with E-state index >= 15 is 0 Å². The van der Waals surface area contributed by atoms with Crippen molar-refractivity contribution in [2.45, 2.75) is 6.92 Å². The van der Waals surface area contributed by atoms with Crippen LogP contribution in [0.4, 0.5) is 5.95 Å². The number of hydrogen-bond donors (Lipinski definition) is 2. The summed E-state index contributed by atoms with van der Waals surface area (Å²) < 4.78 is 0. The Kier molecular flexibility index (Phi) is 3.69. The minimum Gasteiger partial charge on any atom is -0.288 e. The molecule has 1 heterocycles. The summed E-state index contributed by atoms with van der Waals surface area (Å²) in [6.07, 6.45) is 1.53. The average Bonchev–Trinajstić information content (AvgIpc) is 2.36. The van der Waals surface area contributed by atoms with Crippen molar-refractivity contribution in [3.05, 3.63) is 50.9 Å². The zero-order valence-electron chi connectivity index (χ0n) is 9.51. The molecule has 0 amide bonds. The number of hydrogen-bond acceptors (Lipinski definition) is 5. The van der Waals surface area contributed by atoms with Gasteiger partial charge in [0.05, 0.1) is 6.21 Å². The Balaban J connectivity index is 2.10. The second kappa shape index (κ2) is 5.42. The Bertz CT molecular complexity index is 637. The summed E-state index contributed by atoms with van der Waals surface area (Å²) in [7, 11) is 0. The zero-order valence-corrected chi connectivity index (χ0v) is 10.3. The number of halogens is 1. The fourth-order valence-electron chi connectivity index (χ4n) is 1.19. The summed E-state index contributed by atoms with van der Waals surface area (Å²) in [5.41, 5.74) is 3.32. The predicted molar refractivity (Wildman–Crippen MR) is 70.1 cm³/mol. The molecule has 6 nitrogen and oxygen atoms in total. The van der Waals surface area contributed by atoms with Gasteiger partial charge < -0.3 is 0 Å². The molecule has 0 aliphatic carbocycles. The summed E-state index contributed by atoms with van der Waals surface area (Å²) in [4.78, 5) is 13.7. The van der Waals surface area contributed by atoms with Crippen molar-refractivity contribution in [2.24, 2.45) is 5.10 Å². The molecule has 0 saturated heterocycles. The van der Waals surface area contributed by atoms with Gasteiger partial charge in [0.1, 0.15) is 5.69 Å². The first-order valence-corrected chi connectivity index (χ1v) is 5.52. The van der Waals surface area contributed by atoms with Crippen LogP contribution in [0.1, 0.15) is 11.3 Å². The van der Waals surface area contributed by atoms with Crippen LogP contribution in [0, 0.1) is 6.92 Å². The first-order valence-electron chi connectivity index (χ1n) is 5.14. The fraction of sp³-hybridized carbons (Fsp3) is 0.0909. The van der Waals surface area contributed by atoms with E-state index in [1.54, 1.807) is 13.0 Å². The van der Waals surface area contributed by atoms with E-state index in [2.05, 4.69) is 25.7 Å². The first kappa shape index (κ1) is 12.3. The lowest BCUT2D eigenvalue weighted by Crippen LogP contribution is -2.15. The smallest absolute Gasteiger partial charge is 0.274 e. The van der Waals surface area contributed by atoms with E-state index < -0.39 is 0 Å². The molecule has 0 saturated carbocycles.